The number of hydrogen-bond acceptors (Lipinski definition) is 3. The van der Waals surface area contributed by atoms with E-state index in [4.69, 9.17) is 5.73 Å². The molecule has 0 spiro atoms. The maximum absolute atomic E-state index is 10.9. The highest BCUT2D eigenvalue weighted by molar-refractivity contribution is 8.93. The van der Waals surface area contributed by atoms with Crippen LogP contribution in [0.25, 0.3) is 0 Å². The van der Waals surface area contributed by atoms with Gasteiger partial charge in [-0.15, -0.1) is 17.0 Å². The van der Waals surface area contributed by atoms with Crippen LogP contribution in [0.1, 0.15) is 19.8 Å². The van der Waals surface area contributed by atoms with E-state index in [1.165, 1.54) is 0 Å². The zero-order chi connectivity index (χ0) is 7.78. The Morgan fingerprint density at radius 3 is 2.45 bits per heavy atom. The van der Waals surface area contributed by atoms with Gasteiger partial charge in [-0.25, -0.2) is 0 Å². The Balaban J connectivity index is 0.000001000. The third-order valence-corrected chi connectivity index (χ3v) is 1.64. The van der Waals surface area contributed by atoms with Crippen LogP contribution in [-0.2, 0) is 9.59 Å². The van der Waals surface area contributed by atoms with Gasteiger partial charge in [0.25, 0.3) is 0 Å². The monoisotopic (exact) mass is 222 g/mol. The van der Waals surface area contributed by atoms with Crippen LogP contribution >= 0.6 is 17.0 Å². The largest absolute Gasteiger partial charge is 0.318 e. The van der Waals surface area contributed by atoms with Gasteiger partial charge in [0.05, 0.1) is 5.54 Å². The van der Waals surface area contributed by atoms with Crippen molar-refractivity contribution in [1.29, 1.82) is 0 Å². The van der Waals surface area contributed by atoms with Crippen molar-refractivity contribution >= 4 is 28.8 Å². The first kappa shape index (κ1) is 10.6. The van der Waals surface area contributed by atoms with Crippen LogP contribution in [0, 0.1) is 0 Å². The maximum Gasteiger partial charge on any atom is 0.246 e. The van der Waals surface area contributed by atoms with E-state index in [1.807, 2.05) is 0 Å². The minimum Gasteiger partial charge on any atom is -0.318 e. The summed E-state index contributed by atoms with van der Waals surface area (Å²) in [6, 6.07) is 0. The Morgan fingerprint density at radius 2 is 2.09 bits per heavy atom. The first-order valence-corrected chi connectivity index (χ1v) is 3.15. The van der Waals surface area contributed by atoms with E-state index in [2.05, 4.69) is 5.32 Å². The van der Waals surface area contributed by atoms with Gasteiger partial charge in [-0.3, -0.25) is 14.9 Å². The van der Waals surface area contributed by atoms with Crippen molar-refractivity contribution < 1.29 is 9.59 Å². The highest BCUT2D eigenvalue weighted by atomic mass is 79.9. The van der Waals surface area contributed by atoms with Crippen LogP contribution in [0.15, 0.2) is 0 Å². The molecule has 0 unspecified atom stereocenters. The summed E-state index contributed by atoms with van der Waals surface area (Å²) >= 11 is 0. The molecule has 1 rings (SSSR count). The van der Waals surface area contributed by atoms with Crippen LogP contribution in [-0.4, -0.2) is 17.4 Å². The lowest BCUT2D eigenvalue weighted by Crippen LogP contribution is -2.57. The second kappa shape index (κ2) is 3.32. The van der Waals surface area contributed by atoms with E-state index in [1.54, 1.807) is 6.92 Å². The molecule has 0 bridgehead atoms. The Morgan fingerprint density at radius 1 is 1.55 bits per heavy atom. The molecule has 0 aromatic heterocycles. The van der Waals surface area contributed by atoms with Gasteiger partial charge in [-0.1, -0.05) is 0 Å². The Kier molecular flexibility index (Phi) is 3.19. The normalized spacial score (nSPS) is 30.7. The van der Waals surface area contributed by atoms with Crippen LogP contribution < -0.4 is 11.1 Å². The van der Waals surface area contributed by atoms with Crippen LogP contribution in [0.4, 0.5) is 0 Å². The summed E-state index contributed by atoms with van der Waals surface area (Å²) in [6.45, 7) is 1.62. The lowest BCUT2D eigenvalue weighted by molar-refractivity contribution is -0.137. The molecule has 0 aromatic rings. The molecule has 4 nitrogen and oxygen atoms in total. The van der Waals surface area contributed by atoms with Crippen molar-refractivity contribution in [2.45, 2.75) is 25.3 Å². The molecule has 0 saturated carbocycles. The Labute approximate surface area is 75.3 Å². The molecule has 0 radical (unpaired) electrons. The standard InChI is InChI=1S/C6H10N2O2.BrH/c1-6(7)3-2-4(9)8-5(6)10;/h2-3,7H2,1H3,(H,8,9,10);1H/t6-;/m1./s1. The van der Waals surface area contributed by atoms with Crippen molar-refractivity contribution in [3.05, 3.63) is 0 Å². The summed E-state index contributed by atoms with van der Waals surface area (Å²) in [4.78, 5) is 21.4. The van der Waals surface area contributed by atoms with E-state index < -0.39 is 5.54 Å². The van der Waals surface area contributed by atoms with E-state index in [-0.39, 0.29) is 28.8 Å². The molecule has 1 aliphatic heterocycles. The van der Waals surface area contributed by atoms with Gasteiger partial charge in [0.15, 0.2) is 0 Å². The molecule has 5 heteroatoms. The van der Waals surface area contributed by atoms with Crippen molar-refractivity contribution in [2.75, 3.05) is 0 Å². The molecule has 1 atom stereocenters. The highest BCUT2D eigenvalue weighted by Crippen LogP contribution is 2.12. The maximum atomic E-state index is 10.9. The summed E-state index contributed by atoms with van der Waals surface area (Å²) in [5, 5.41) is 2.17. The predicted molar refractivity (Wildman–Crippen MR) is 45.3 cm³/mol. The Hall–Kier alpha value is -0.420. The van der Waals surface area contributed by atoms with Crippen LogP contribution in [0.3, 0.4) is 0 Å². The summed E-state index contributed by atoms with van der Waals surface area (Å²) in [6.07, 6.45) is 0.788. The summed E-state index contributed by atoms with van der Waals surface area (Å²) in [5.41, 5.74) is 4.67. The Bertz CT molecular complexity index is 191. The zero-order valence-corrected chi connectivity index (χ0v) is 7.93. The molecular weight excluding hydrogens is 212 g/mol. The number of nitrogens with one attached hydrogen (secondary N) is 1. The van der Waals surface area contributed by atoms with Gasteiger partial charge in [0, 0.05) is 6.42 Å². The number of hydrogen-bond donors (Lipinski definition) is 2. The molecule has 64 valence electrons. The molecule has 11 heavy (non-hydrogen) atoms. The highest BCUT2D eigenvalue weighted by Gasteiger charge is 2.34. The van der Waals surface area contributed by atoms with Crippen molar-refractivity contribution in [3.63, 3.8) is 0 Å². The molecule has 1 aliphatic rings. The van der Waals surface area contributed by atoms with E-state index in [9.17, 15) is 9.59 Å². The van der Waals surface area contributed by atoms with Gasteiger partial charge in [0.1, 0.15) is 0 Å². The number of amides is 2. The summed E-state index contributed by atoms with van der Waals surface area (Å²) < 4.78 is 0. The number of rotatable bonds is 0. The third-order valence-electron chi connectivity index (χ3n) is 1.64. The van der Waals surface area contributed by atoms with Crippen molar-refractivity contribution in [1.82, 2.24) is 5.32 Å². The fourth-order valence-electron chi connectivity index (χ4n) is 0.819. The van der Waals surface area contributed by atoms with Gasteiger partial charge < -0.3 is 5.73 Å². The van der Waals surface area contributed by atoms with E-state index in [0.29, 0.717) is 12.8 Å². The molecule has 0 aromatic carbocycles. The second-order valence-corrected chi connectivity index (χ2v) is 2.79. The molecule has 0 aliphatic carbocycles. The molecule has 1 heterocycles. The third kappa shape index (κ3) is 2.27. The quantitative estimate of drug-likeness (QED) is 0.554. The van der Waals surface area contributed by atoms with Crippen LogP contribution in [0.5, 0.6) is 0 Å². The number of carbonyl (C=O) groups excluding carboxylic acids is 2. The van der Waals surface area contributed by atoms with Crippen LogP contribution in [0.2, 0.25) is 0 Å². The lowest BCUT2D eigenvalue weighted by atomic mass is 9.93. The topological polar surface area (TPSA) is 72.2 Å². The minimum atomic E-state index is -0.853. The molecule has 2 amide bonds. The van der Waals surface area contributed by atoms with Gasteiger partial charge in [0.2, 0.25) is 11.8 Å². The molecular formula is C6H11BrN2O2. The number of nitrogens with two attached hydrogens (primary N) is 1. The van der Waals surface area contributed by atoms with Gasteiger partial charge in [-0.2, -0.15) is 0 Å². The fourth-order valence-corrected chi connectivity index (χ4v) is 0.819. The van der Waals surface area contributed by atoms with E-state index in [0.717, 1.165) is 0 Å². The number of imide groups is 1. The number of halogens is 1. The number of carbonyl (C=O) groups is 2. The van der Waals surface area contributed by atoms with E-state index >= 15 is 0 Å². The van der Waals surface area contributed by atoms with Gasteiger partial charge in [-0.05, 0) is 13.3 Å². The molecule has 1 fully saturated rings. The minimum absolute atomic E-state index is 0. The SMILES string of the molecule is Br.C[C@@]1(N)CCC(=O)NC1=O. The first-order valence-electron chi connectivity index (χ1n) is 3.15. The van der Waals surface area contributed by atoms with Gasteiger partial charge >= 0.3 is 0 Å². The smallest absolute Gasteiger partial charge is 0.246 e. The zero-order valence-electron chi connectivity index (χ0n) is 6.22. The first-order chi connectivity index (χ1) is 4.52. The predicted octanol–water partition coefficient (Wildman–Crippen LogP) is -0.282. The lowest BCUT2D eigenvalue weighted by Gasteiger charge is -2.26. The molecule has 1 saturated heterocycles. The summed E-state index contributed by atoms with van der Waals surface area (Å²) in [5.74, 6) is -0.600. The average Bonchev–Trinajstić information content (AvgIpc) is 1.81. The molecule has 3 N–H and O–H groups in total. The van der Waals surface area contributed by atoms with Crippen molar-refractivity contribution in [2.24, 2.45) is 5.73 Å². The second-order valence-electron chi connectivity index (χ2n) is 2.79. The number of piperidine rings is 1. The summed E-state index contributed by atoms with van der Waals surface area (Å²) in [7, 11) is 0. The fraction of sp³-hybridized carbons (Fsp3) is 0.667. The van der Waals surface area contributed by atoms with Crippen molar-refractivity contribution in [3.8, 4) is 0 Å². The average molecular weight is 223 g/mol.